The highest BCUT2D eigenvalue weighted by molar-refractivity contribution is 4.68. The van der Waals surface area contributed by atoms with Gasteiger partial charge in [0.05, 0.1) is 6.61 Å². The van der Waals surface area contributed by atoms with E-state index in [1.165, 1.54) is 25.7 Å². The van der Waals surface area contributed by atoms with Crippen molar-refractivity contribution in [3.05, 3.63) is 0 Å². The van der Waals surface area contributed by atoms with E-state index in [0.29, 0.717) is 6.04 Å². The smallest absolute Gasteiger partial charge is 0.0558 e. The molecule has 1 N–H and O–H groups in total. The molecular weight excluding hydrogens is 162 g/mol. The molecular formula is C11H25NO. The molecule has 2 nitrogen and oxygen atoms in total. The normalized spacial score (nSPS) is 13.6. The zero-order valence-corrected chi connectivity index (χ0v) is 9.42. The van der Waals surface area contributed by atoms with Crippen LogP contribution in [0.2, 0.25) is 0 Å². The number of nitrogens with zero attached hydrogens (tertiary/aromatic N) is 1. The van der Waals surface area contributed by atoms with Crippen molar-refractivity contribution in [1.82, 2.24) is 4.90 Å². The standard InChI is InChI=1S/C11H25NO/c1-4-7-8-11(5-2)12(6-3)9-10-13/h11,13H,4-10H2,1-3H3. The summed E-state index contributed by atoms with van der Waals surface area (Å²) in [5, 5.41) is 8.90. The van der Waals surface area contributed by atoms with E-state index in [1.807, 2.05) is 0 Å². The summed E-state index contributed by atoms with van der Waals surface area (Å²) in [7, 11) is 0. The van der Waals surface area contributed by atoms with Crippen LogP contribution in [0.5, 0.6) is 0 Å². The van der Waals surface area contributed by atoms with Gasteiger partial charge in [0, 0.05) is 12.6 Å². The predicted molar refractivity (Wildman–Crippen MR) is 57.9 cm³/mol. The third kappa shape index (κ3) is 5.27. The molecule has 0 saturated heterocycles. The Bertz CT molecular complexity index is 106. The van der Waals surface area contributed by atoms with Gasteiger partial charge in [0.1, 0.15) is 0 Å². The van der Waals surface area contributed by atoms with E-state index in [4.69, 9.17) is 5.11 Å². The molecule has 0 bridgehead atoms. The number of hydrogen-bond donors (Lipinski definition) is 1. The number of hydrogen-bond acceptors (Lipinski definition) is 2. The van der Waals surface area contributed by atoms with Crippen molar-refractivity contribution < 1.29 is 5.11 Å². The molecule has 0 rings (SSSR count). The van der Waals surface area contributed by atoms with Crippen molar-refractivity contribution >= 4 is 0 Å². The van der Waals surface area contributed by atoms with Gasteiger partial charge in [-0.15, -0.1) is 0 Å². The highest BCUT2D eigenvalue weighted by Gasteiger charge is 2.13. The van der Waals surface area contributed by atoms with Gasteiger partial charge >= 0.3 is 0 Å². The highest BCUT2D eigenvalue weighted by atomic mass is 16.3. The summed E-state index contributed by atoms with van der Waals surface area (Å²) in [6.45, 7) is 8.82. The van der Waals surface area contributed by atoms with E-state index in [0.717, 1.165) is 13.1 Å². The lowest BCUT2D eigenvalue weighted by Crippen LogP contribution is -2.36. The van der Waals surface area contributed by atoms with Gasteiger partial charge in [-0.25, -0.2) is 0 Å². The summed E-state index contributed by atoms with van der Waals surface area (Å²) in [6, 6.07) is 0.678. The molecule has 0 aliphatic rings. The maximum atomic E-state index is 8.90. The van der Waals surface area contributed by atoms with Gasteiger partial charge in [-0.3, -0.25) is 4.90 Å². The second-order valence-corrected chi connectivity index (χ2v) is 3.56. The van der Waals surface area contributed by atoms with Crippen LogP contribution in [0.3, 0.4) is 0 Å². The number of rotatable bonds is 8. The number of unbranched alkanes of at least 4 members (excludes halogenated alkanes) is 1. The van der Waals surface area contributed by atoms with Crippen LogP contribution in [0, 0.1) is 0 Å². The third-order valence-electron chi connectivity index (χ3n) is 2.67. The van der Waals surface area contributed by atoms with Crippen molar-refractivity contribution in [2.45, 2.75) is 52.5 Å². The molecule has 0 amide bonds. The lowest BCUT2D eigenvalue weighted by Gasteiger charge is -2.29. The first-order chi connectivity index (χ1) is 6.29. The van der Waals surface area contributed by atoms with Gasteiger partial charge in [-0.1, -0.05) is 33.6 Å². The van der Waals surface area contributed by atoms with Gasteiger partial charge in [-0.05, 0) is 19.4 Å². The molecule has 0 aromatic carbocycles. The summed E-state index contributed by atoms with van der Waals surface area (Å²) >= 11 is 0. The maximum Gasteiger partial charge on any atom is 0.0558 e. The molecule has 0 heterocycles. The van der Waals surface area contributed by atoms with Crippen LogP contribution in [-0.4, -0.2) is 35.7 Å². The van der Waals surface area contributed by atoms with Gasteiger partial charge in [0.25, 0.3) is 0 Å². The predicted octanol–water partition coefficient (Wildman–Crippen LogP) is 2.27. The first kappa shape index (κ1) is 12.9. The molecule has 2 heteroatoms. The van der Waals surface area contributed by atoms with Crippen molar-refractivity contribution in [3.8, 4) is 0 Å². The Morgan fingerprint density at radius 3 is 2.31 bits per heavy atom. The summed E-state index contributed by atoms with van der Waals surface area (Å²) in [5.74, 6) is 0. The Hall–Kier alpha value is -0.0800. The molecule has 0 radical (unpaired) electrons. The minimum absolute atomic E-state index is 0.288. The van der Waals surface area contributed by atoms with Gasteiger partial charge in [0.2, 0.25) is 0 Å². The van der Waals surface area contributed by atoms with Crippen LogP contribution in [0.25, 0.3) is 0 Å². The second-order valence-electron chi connectivity index (χ2n) is 3.56. The average Bonchev–Trinajstić information content (AvgIpc) is 2.17. The Labute approximate surface area is 82.9 Å². The lowest BCUT2D eigenvalue weighted by atomic mass is 10.1. The Morgan fingerprint density at radius 1 is 1.23 bits per heavy atom. The SMILES string of the molecule is CCCCC(CC)N(CC)CCO. The van der Waals surface area contributed by atoms with Crippen LogP contribution in [-0.2, 0) is 0 Å². The van der Waals surface area contributed by atoms with E-state index in [9.17, 15) is 0 Å². The molecule has 0 aliphatic heterocycles. The van der Waals surface area contributed by atoms with Crippen LogP contribution in [0.4, 0.5) is 0 Å². The number of aliphatic hydroxyl groups is 1. The van der Waals surface area contributed by atoms with E-state index < -0.39 is 0 Å². The fraction of sp³-hybridized carbons (Fsp3) is 1.00. The molecule has 80 valence electrons. The zero-order valence-electron chi connectivity index (χ0n) is 9.42. The minimum atomic E-state index is 0.288. The first-order valence-corrected chi connectivity index (χ1v) is 5.64. The zero-order chi connectivity index (χ0) is 10.1. The molecule has 0 saturated carbocycles. The summed E-state index contributed by atoms with van der Waals surface area (Å²) in [4.78, 5) is 2.38. The molecule has 1 atom stereocenters. The summed E-state index contributed by atoms with van der Waals surface area (Å²) in [5.41, 5.74) is 0. The molecule has 0 aromatic heterocycles. The molecule has 0 fully saturated rings. The first-order valence-electron chi connectivity index (χ1n) is 5.64. The van der Waals surface area contributed by atoms with Crippen LogP contribution in [0.1, 0.15) is 46.5 Å². The molecule has 0 aromatic rings. The molecule has 13 heavy (non-hydrogen) atoms. The summed E-state index contributed by atoms with van der Waals surface area (Å²) < 4.78 is 0. The molecule has 1 unspecified atom stereocenters. The van der Waals surface area contributed by atoms with Gasteiger partial charge in [-0.2, -0.15) is 0 Å². The van der Waals surface area contributed by atoms with Crippen molar-refractivity contribution in [2.24, 2.45) is 0 Å². The summed E-state index contributed by atoms with van der Waals surface area (Å²) in [6.07, 6.45) is 5.06. The number of aliphatic hydroxyl groups excluding tert-OH is 1. The van der Waals surface area contributed by atoms with Crippen LogP contribution >= 0.6 is 0 Å². The Balaban J connectivity index is 3.84. The highest BCUT2D eigenvalue weighted by Crippen LogP contribution is 2.11. The van der Waals surface area contributed by atoms with E-state index >= 15 is 0 Å². The largest absolute Gasteiger partial charge is 0.395 e. The second kappa shape index (κ2) is 8.52. The van der Waals surface area contributed by atoms with Crippen molar-refractivity contribution in [1.29, 1.82) is 0 Å². The van der Waals surface area contributed by atoms with Gasteiger partial charge in [0.15, 0.2) is 0 Å². The lowest BCUT2D eigenvalue weighted by molar-refractivity contribution is 0.145. The fourth-order valence-electron chi connectivity index (χ4n) is 1.81. The fourth-order valence-corrected chi connectivity index (χ4v) is 1.81. The van der Waals surface area contributed by atoms with E-state index in [-0.39, 0.29) is 6.61 Å². The topological polar surface area (TPSA) is 23.5 Å². The van der Waals surface area contributed by atoms with Crippen molar-refractivity contribution in [2.75, 3.05) is 19.7 Å². The quantitative estimate of drug-likeness (QED) is 0.630. The number of likely N-dealkylation sites (N-methyl/N-ethyl adjacent to an activating group) is 1. The monoisotopic (exact) mass is 187 g/mol. The third-order valence-corrected chi connectivity index (χ3v) is 2.67. The average molecular weight is 187 g/mol. The van der Waals surface area contributed by atoms with Gasteiger partial charge < -0.3 is 5.11 Å². The maximum absolute atomic E-state index is 8.90. The van der Waals surface area contributed by atoms with E-state index in [2.05, 4.69) is 25.7 Å². The molecule has 0 spiro atoms. The van der Waals surface area contributed by atoms with Crippen LogP contribution in [0.15, 0.2) is 0 Å². The molecule has 0 aliphatic carbocycles. The van der Waals surface area contributed by atoms with Crippen molar-refractivity contribution in [3.63, 3.8) is 0 Å². The van der Waals surface area contributed by atoms with Crippen LogP contribution < -0.4 is 0 Å². The van der Waals surface area contributed by atoms with E-state index in [1.54, 1.807) is 0 Å². The minimum Gasteiger partial charge on any atom is -0.395 e. The Kier molecular flexibility index (Phi) is 8.46. The Morgan fingerprint density at radius 2 is 1.92 bits per heavy atom.